The third kappa shape index (κ3) is 3.86. The van der Waals surface area contributed by atoms with E-state index in [0.717, 1.165) is 5.56 Å². The van der Waals surface area contributed by atoms with Crippen molar-refractivity contribution in [3.63, 3.8) is 0 Å². The molecule has 0 bridgehead atoms. The standard InChI is InChI=1S/C15H15ClFN3O/c16-11-7-4-8-12(17)15(11)19-13(9-14(18)20-21)10-5-2-1-3-6-10/h1-8,13,19,21H,9H2,(H2,18,20). The minimum atomic E-state index is -0.456. The SMILES string of the molecule is N/C(CC(Nc1c(F)cccc1Cl)c1ccccc1)=N/O. The highest BCUT2D eigenvalue weighted by Gasteiger charge is 2.17. The van der Waals surface area contributed by atoms with Gasteiger partial charge in [-0.25, -0.2) is 4.39 Å². The molecular formula is C15H15ClFN3O. The fourth-order valence-electron chi connectivity index (χ4n) is 2.00. The summed E-state index contributed by atoms with van der Waals surface area (Å²) in [5.41, 5.74) is 6.65. The predicted octanol–water partition coefficient (Wildman–Crippen LogP) is 3.77. The van der Waals surface area contributed by atoms with Gasteiger partial charge < -0.3 is 16.3 Å². The molecule has 21 heavy (non-hydrogen) atoms. The number of oxime groups is 1. The summed E-state index contributed by atoms with van der Waals surface area (Å²) in [6.45, 7) is 0. The number of para-hydroxylation sites is 1. The van der Waals surface area contributed by atoms with Gasteiger partial charge in [-0.2, -0.15) is 0 Å². The van der Waals surface area contributed by atoms with Crippen LogP contribution in [0.2, 0.25) is 5.02 Å². The summed E-state index contributed by atoms with van der Waals surface area (Å²) >= 11 is 6.02. The minimum absolute atomic E-state index is 0.0452. The maximum atomic E-state index is 13.9. The lowest BCUT2D eigenvalue weighted by Crippen LogP contribution is -2.21. The Morgan fingerprint density at radius 2 is 1.95 bits per heavy atom. The Kier molecular flexibility index (Phi) is 5.00. The summed E-state index contributed by atoms with van der Waals surface area (Å²) in [4.78, 5) is 0. The summed E-state index contributed by atoms with van der Waals surface area (Å²) in [6, 6.07) is 13.4. The van der Waals surface area contributed by atoms with E-state index in [0.29, 0.717) is 0 Å². The third-order valence-corrected chi connectivity index (χ3v) is 3.34. The van der Waals surface area contributed by atoms with Crippen LogP contribution in [-0.2, 0) is 0 Å². The van der Waals surface area contributed by atoms with Gasteiger partial charge in [-0.15, -0.1) is 0 Å². The monoisotopic (exact) mass is 307 g/mol. The number of nitrogens with two attached hydrogens (primary N) is 1. The first-order valence-corrected chi connectivity index (χ1v) is 6.71. The molecule has 4 N–H and O–H groups in total. The van der Waals surface area contributed by atoms with Crippen molar-refractivity contribution in [2.24, 2.45) is 10.9 Å². The first-order valence-electron chi connectivity index (χ1n) is 6.33. The molecule has 110 valence electrons. The molecule has 0 amide bonds. The average molecular weight is 308 g/mol. The van der Waals surface area contributed by atoms with Gasteiger partial charge in [0.05, 0.1) is 16.8 Å². The van der Waals surface area contributed by atoms with Crippen molar-refractivity contribution in [3.8, 4) is 0 Å². The largest absolute Gasteiger partial charge is 0.409 e. The van der Waals surface area contributed by atoms with E-state index in [4.69, 9.17) is 22.5 Å². The number of nitrogens with zero attached hydrogens (tertiary/aromatic N) is 1. The molecule has 1 atom stereocenters. The van der Waals surface area contributed by atoms with Crippen LogP contribution < -0.4 is 11.1 Å². The van der Waals surface area contributed by atoms with Crippen LogP contribution in [0.25, 0.3) is 0 Å². The molecule has 4 nitrogen and oxygen atoms in total. The van der Waals surface area contributed by atoms with E-state index in [9.17, 15) is 4.39 Å². The molecule has 0 aromatic heterocycles. The van der Waals surface area contributed by atoms with Gasteiger partial charge in [0.15, 0.2) is 0 Å². The normalized spacial score (nSPS) is 13.0. The van der Waals surface area contributed by atoms with Crippen LogP contribution >= 0.6 is 11.6 Å². The Labute approximate surface area is 127 Å². The van der Waals surface area contributed by atoms with Crippen molar-refractivity contribution in [2.75, 3.05) is 5.32 Å². The first-order chi connectivity index (χ1) is 10.1. The van der Waals surface area contributed by atoms with Crippen molar-refractivity contribution in [2.45, 2.75) is 12.5 Å². The molecule has 2 aromatic rings. The van der Waals surface area contributed by atoms with Crippen molar-refractivity contribution in [1.29, 1.82) is 0 Å². The van der Waals surface area contributed by atoms with E-state index in [1.165, 1.54) is 12.1 Å². The second-order valence-corrected chi connectivity index (χ2v) is 4.91. The summed E-state index contributed by atoms with van der Waals surface area (Å²) in [5, 5.41) is 15.0. The van der Waals surface area contributed by atoms with Crippen LogP contribution in [-0.4, -0.2) is 11.0 Å². The van der Waals surface area contributed by atoms with E-state index in [1.54, 1.807) is 6.07 Å². The summed E-state index contributed by atoms with van der Waals surface area (Å²) in [7, 11) is 0. The van der Waals surface area contributed by atoms with Crippen LogP contribution in [0.5, 0.6) is 0 Å². The van der Waals surface area contributed by atoms with Crippen LogP contribution in [0.3, 0.4) is 0 Å². The zero-order chi connectivity index (χ0) is 15.2. The fraction of sp³-hybridized carbons (Fsp3) is 0.133. The highest BCUT2D eigenvalue weighted by atomic mass is 35.5. The fourth-order valence-corrected chi connectivity index (χ4v) is 2.22. The predicted molar refractivity (Wildman–Crippen MR) is 82.2 cm³/mol. The van der Waals surface area contributed by atoms with Crippen LogP contribution in [0, 0.1) is 5.82 Å². The zero-order valence-corrected chi connectivity index (χ0v) is 11.9. The molecule has 2 aromatic carbocycles. The van der Waals surface area contributed by atoms with Gasteiger partial charge in [-0.05, 0) is 17.7 Å². The van der Waals surface area contributed by atoms with E-state index >= 15 is 0 Å². The van der Waals surface area contributed by atoms with Gasteiger partial charge in [0, 0.05) is 6.42 Å². The topological polar surface area (TPSA) is 70.6 Å². The van der Waals surface area contributed by atoms with Gasteiger partial charge in [0.1, 0.15) is 11.7 Å². The maximum Gasteiger partial charge on any atom is 0.147 e. The highest BCUT2D eigenvalue weighted by Crippen LogP contribution is 2.30. The van der Waals surface area contributed by atoms with Crippen LogP contribution in [0.15, 0.2) is 53.7 Å². The molecule has 0 heterocycles. The Morgan fingerprint density at radius 1 is 1.24 bits per heavy atom. The Balaban J connectivity index is 2.32. The molecule has 0 radical (unpaired) electrons. The van der Waals surface area contributed by atoms with E-state index in [-0.39, 0.29) is 29.0 Å². The smallest absolute Gasteiger partial charge is 0.147 e. The van der Waals surface area contributed by atoms with E-state index in [1.807, 2.05) is 30.3 Å². The van der Waals surface area contributed by atoms with Gasteiger partial charge in [-0.1, -0.05) is 53.2 Å². The number of hydrogen-bond acceptors (Lipinski definition) is 3. The first kappa shape index (κ1) is 15.1. The van der Waals surface area contributed by atoms with Gasteiger partial charge >= 0.3 is 0 Å². The number of amidine groups is 1. The van der Waals surface area contributed by atoms with Crippen molar-refractivity contribution in [3.05, 3.63) is 64.9 Å². The summed E-state index contributed by atoms with van der Waals surface area (Å²) < 4.78 is 13.9. The zero-order valence-electron chi connectivity index (χ0n) is 11.1. The number of anilines is 1. The van der Waals surface area contributed by atoms with Gasteiger partial charge in [0.2, 0.25) is 0 Å². The van der Waals surface area contributed by atoms with Crippen molar-refractivity contribution >= 4 is 23.1 Å². The highest BCUT2D eigenvalue weighted by molar-refractivity contribution is 6.33. The number of hydrogen-bond donors (Lipinski definition) is 3. The quantitative estimate of drug-likeness (QED) is 0.341. The molecule has 0 aliphatic carbocycles. The molecule has 0 aliphatic rings. The second-order valence-electron chi connectivity index (χ2n) is 4.50. The lowest BCUT2D eigenvalue weighted by atomic mass is 10.0. The molecule has 2 rings (SSSR count). The number of benzene rings is 2. The molecule has 0 saturated carbocycles. The number of nitrogens with one attached hydrogen (secondary N) is 1. The lowest BCUT2D eigenvalue weighted by molar-refractivity contribution is 0.316. The Bertz CT molecular complexity index is 614. The maximum absolute atomic E-state index is 13.9. The minimum Gasteiger partial charge on any atom is -0.409 e. The molecule has 1 unspecified atom stereocenters. The van der Waals surface area contributed by atoms with Crippen LogP contribution in [0.4, 0.5) is 10.1 Å². The van der Waals surface area contributed by atoms with Crippen LogP contribution in [0.1, 0.15) is 18.0 Å². The average Bonchev–Trinajstić information content (AvgIpc) is 2.50. The number of halogens is 2. The van der Waals surface area contributed by atoms with Gasteiger partial charge in [-0.3, -0.25) is 0 Å². The molecule has 6 heteroatoms. The third-order valence-electron chi connectivity index (χ3n) is 3.02. The summed E-state index contributed by atoms with van der Waals surface area (Å²) in [5.74, 6) is -0.410. The van der Waals surface area contributed by atoms with Crippen molar-refractivity contribution < 1.29 is 9.60 Å². The lowest BCUT2D eigenvalue weighted by Gasteiger charge is -2.21. The molecule has 0 aliphatic heterocycles. The Morgan fingerprint density at radius 3 is 2.57 bits per heavy atom. The summed E-state index contributed by atoms with van der Waals surface area (Å²) in [6.07, 6.45) is 0.213. The van der Waals surface area contributed by atoms with Gasteiger partial charge in [0.25, 0.3) is 0 Å². The molecular weight excluding hydrogens is 293 g/mol. The second kappa shape index (κ2) is 6.95. The molecule has 0 saturated heterocycles. The van der Waals surface area contributed by atoms with Crippen molar-refractivity contribution in [1.82, 2.24) is 0 Å². The van der Waals surface area contributed by atoms with E-state index in [2.05, 4.69) is 10.5 Å². The Hall–Kier alpha value is -2.27. The number of rotatable bonds is 5. The molecule has 0 fully saturated rings. The van der Waals surface area contributed by atoms with E-state index < -0.39 is 5.82 Å². The molecule has 0 spiro atoms.